The molecule has 0 aromatic rings. The lowest BCUT2D eigenvalue weighted by Gasteiger charge is -2.20. The second kappa shape index (κ2) is 57.4. The first-order chi connectivity index (χ1) is 32.7. The van der Waals surface area contributed by atoms with Crippen molar-refractivity contribution >= 4 is 5.91 Å². The van der Waals surface area contributed by atoms with Crippen LogP contribution in [0.15, 0.2) is 60.8 Å². The van der Waals surface area contributed by atoms with Crippen molar-refractivity contribution in [3.8, 4) is 0 Å². The minimum absolute atomic E-state index is 0.0598. The minimum atomic E-state index is -0.837. The molecule has 0 heterocycles. The summed E-state index contributed by atoms with van der Waals surface area (Å²) in [7, 11) is 0. The van der Waals surface area contributed by atoms with E-state index in [0.717, 1.165) is 51.4 Å². The molecule has 386 valence electrons. The fourth-order valence-corrected chi connectivity index (χ4v) is 9.06. The van der Waals surface area contributed by atoms with E-state index in [0.29, 0.717) is 6.42 Å². The number of hydrogen-bond donors (Lipinski definition) is 3. The van der Waals surface area contributed by atoms with Gasteiger partial charge >= 0.3 is 0 Å². The number of aliphatic hydroxyl groups excluding tert-OH is 2. The molecule has 1 amide bonds. The normalized spacial score (nSPS) is 13.2. The molecule has 0 rings (SSSR count). The molecule has 0 aromatic carbocycles. The van der Waals surface area contributed by atoms with E-state index in [1.54, 1.807) is 6.08 Å². The van der Waals surface area contributed by atoms with E-state index in [4.69, 9.17) is 0 Å². The van der Waals surface area contributed by atoms with Gasteiger partial charge in [0.05, 0.1) is 18.8 Å². The predicted molar refractivity (Wildman–Crippen MR) is 294 cm³/mol. The highest BCUT2D eigenvalue weighted by Gasteiger charge is 2.18. The van der Waals surface area contributed by atoms with Crippen molar-refractivity contribution < 1.29 is 15.0 Å². The van der Waals surface area contributed by atoms with Gasteiger partial charge in [0.2, 0.25) is 5.91 Å². The fourth-order valence-electron chi connectivity index (χ4n) is 9.06. The van der Waals surface area contributed by atoms with E-state index < -0.39 is 12.1 Å². The lowest BCUT2D eigenvalue weighted by atomic mass is 10.0. The Bertz CT molecular complexity index is 1090. The number of allylic oxidation sites excluding steroid dienone is 9. The van der Waals surface area contributed by atoms with Crippen molar-refractivity contribution in [2.75, 3.05) is 6.61 Å². The van der Waals surface area contributed by atoms with Gasteiger partial charge in [0, 0.05) is 6.42 Å². The van der Waals surface area contributed by atoms with E-state index in [1.807, 2.05) is 6.08 Å². The van der Waals surface area contributed by atoms with Gasteiger partial charge < -0.3 is 15.5 Å². The van der Waals surface area contributed by atoms with E-state index in [2.05, 4.69) is 67.8 Å². The molecule has 66 heavy (non-hydrogen) atoms. The first kappa shape index (κ1) is 64.1. The molecule has 2 atom stereocenters. The number of carbonyl (C=O) groups is 1. The average molecular weight is 923 g/mol. The van der Waals surface area contributed by atoms with Crippen LogP contribution in [0.3, 0.4) is 0 Å². The summed E-state index contributed by atoms with van der Waals surface area (Å²) in [5, 5.41) is 23.1. The SMILES string of the molecule is CC/C=C\C/C=C\C/C=C\C/C=C\CCCCCCCCCCCCCCCCCCCCCCCCCCCCCCC(=O)NC(CO)C(O)/C=C/CCCCCCCCCCCCC. The lowest BCUT2D eigenvalue weighted by Crippen LogP contribution is -2.45. The second-order valence-corrected chi connectivity index (χ2v) is 20.0. The van der Waals surface area contributed by atoms with Gasteiger partial charge in [-0.05, 0) is 57.8 Å². The Hall–Kier alpha value is -1.91. The van der Waals surface area contributed by atoms with E-state index >= 15 is 0 Å². The Labute approximate surface area is 413 Å². The van der Waals surface area contributed by atoms with Gasteiger partial charge in [-0.25, -0.2) is 0 Å². The number of carbonyl (C=O) groups excluding carboxylic acids is 1. The molecule has 0 saturated carbocycles. The average Bonchev–Trinajstić information content (AvgIpc) is 3.32. The highest BCUT2D eigenvalue weighted by molar-refractivity contribution is 5.76. The zero-order valence-corrected chi connectivity index (χ0v) is 44.5. The molecule has 0 aromatic heterocycles. The number of unbranched alkanes of at least 4 members (excludes halogenated alkanes) is 39. The number of rotatable bonds is 54. The van der Waals surface area contributed by atoms with E-state index in [9.17, 15) is 15.0 Å². The fraction of sp³-hybridized carbons (Fsp3) is 0.823. The highest BCUT2D eigenvalue weighted by Crippen LogP contribution is 2.18. The minimum Gasteiger partial charge on any atom is -0.394 e. The highest BCUT2D eigenvalue weighted by atomic mass is 16.3. The van der Waals surface area contributed by atoms with Gasteiger partial charge in [0.25, 0.3) is 0 Å². The third-order valence-corrected chi connectivity index (χ3v) is 13.5. The van der Waals surface area contributed by atoms with Crippen molar-refractivity contribution in [3.63, 3.8) is 0 Å². The molecular weight excluding hydrogens is 807 g/mol. The van der Waals surface area contributed by atoms with E-state index in [1.165, 1.54) is 238 Å². The third kappa shape index (κ3) is 53.1. The maximum atomic E-state index is 12.4. The monoisotopic (exact) mass is 922 g/mol. The van der Waals surface area contributed by atoms with Gasteiger partial charge in [0.15, 0.2) is 0 Å². The van der Waals surface area contributed by atoms with Gasteiger partial charge in [-0.3, -0.25) is 4.79 Å². The Morgan fingerprint density at radius 1 is 0.379 bits per heavy atom. The molecular formula is C62H115NO3. The van der Waals surface area contributed by atoms with Gasteiger partial charge in [-0.15, -0.1) is 0 Å². The largest absolute Gasteiger partial charge is 0.394 e. The standard InChI is InChI=1S/C62H115NO3/c1-3-5-7-9-11-13-15-17-18-19-20-21-22-23-24-25-26-27-28-29-30-31-32-33-34-35-36-37-38-39-40-41-42-43-44-46-48-50-52-54-56-58-62(66)63-60(59-64)61(65)57-55-53-51-49-47-45-16-14-12-10-8-6-4-2/h5,7,11,13,17-18,20-21,55,57,60-61,64-65H,3-4,6,8-10,12,14-16,19,22-54,56,58-59H2,1-2H3,(H,63,66)/b7-5-,13-11-,18-17-,21-20-,57-55+. The van der Waals surface area contributed by atoms with Crippen LogP contribution in [0.1, 0.15) is 309 Å². The third-order valence-electron chi connectivity index (χ3n) is 13.5. The molecule has 0 saturated heterocycles. The molecule has 2 unspecified atom stereocenters. The van der Waals surface area contributed by atoms with E-state index in [-0.39, 0.29) is 12.5 Å². The molecule has 4 nitrogen and oxygen atoms in total. The summed E-state index contributed by atoms with van der Waals surface area (Å²) >= 11 is 0. The molecule has 0 aliphatic rings. The van der Waals surface area contributed by atoms with Gasteiger partial charge in [-0.1, -0.05) is 306 Å². The molecule has 0 aliphatic carbocycles. The van der Waals surface area contributed by atoms with Crippen LogP contribution in [0, 0.1) is 0 Å². The number of amides is 1. The van der Waals surface area contributed by atoms with Crippen LogP contribution >= 0.6 is 0 Å². The molecule has 3 N–H and O–H groups in total. The van der Waals surface area contributed by atoms with Crippen LogP contribution in [-0.4, -0.2) is 34.9 Å². The topological polar surface area (TPSA) is 69.6 Å². The van der Waals surface area contributed by atoms with Crippen molar-refractivity contribution in [2.45, 2.75) is 321 Å². The molecule has 0 spiro atoms. The van der Waals surface area contributed by atoms with Gasteiger partial charge in [0.1, 0.15) is 0 Å². The summed E-state index contributed by atoms with van der Waals surface area (Å²) in [4.78, 5) is 12.4. The zero-order valence-electron chi connectivity index (χ0n) is 44.5. The number of hydrogen-bond acceptors (Lipinski definition) is 3. The summed E-state index contributed by atoms with van der Waals surface area (Å²) < 4.78 is 0. The first-order valence-electron chi connectivity index (χ1n) is 29.5. The summed E-state index contributed by atoms with van der Waals surface area (Å²) in [5.41, 5.74) is 0. The van der Waals surface area contributed by atoms with Gasteiger partial charge in [-0.2, -0.15) is 0 Å². The summed E-state index contributed by atoms with van der Waals surface area (Å²) in [6.45, 7) is 4.21. The molecule has 0 fully saturated rings. The summed E-state index contributed by atoms with van der Waals surface area (Å²) in [6, 6.07) is -0.620. The maximum absolute atomic E-state index is 12.4. The Morgan fingerprint density at radius 2 is 0.667 bits per heavy atom. The molecule has 0 radical (unpaired) electrons. The Balaban J connectivity index is 3.37. The molecule has 0 bridgehead atoms. The Kier molecular flexibility index (Phi) is 55.7. The van der Waals surface area contributed by atoms with Crippen LogP contribution in [0.2, 0.25) is 0 Å². The Morgan fingerprint density at radius 3 is 1.00 bits per heavy atom. The second-order valence-electron chi connectivity index (χ2n) is 20.0. The van der Waals surface area contributed by atoms with Crippen molar-refractivity contribution in [2.24, 2.45) is 0 Å². The van der Waals surface area contributed by atoms with Crippen molar-refractivity contribution in [1.29, 1.82) is 0 Å². The molecule has 0 aliphatic heterocycles. The van der Waals surface area contributed by atoms with Crippen molar-refractivity contribution in [3.05, 3.63) is 60.8 Å². The zero-order chi connectivity index (χ0) is 47.7. The lowest BCUT2D eigenvalue weighted by molar-refractivity contribution is -0.123. The van der Waals surface area contributed by atoms with Crippen molar-refractivity contribution in [1.82, 2.24) is 5.32 Å². The summed E-state index contributed by atoms with van der Waals surface area (Å²) in [5.74, 6) is -0.0598. The number of aliphatic hydroxyl groups is 2. The maximum Gasteiger partial charge on any atom is 0.220 e. The molecule has 4 heteroatoms. The van der Waals surface area contributed by atoms with Crippen LogP contribution in [0.5, 0.6) is 0 Å². The van der Waals surface area contributed by atoms with Crippen LogP contribution in [0.25, 0.3) is 0 Å². The van der Waals surface area contributed by atoms with Crippen LogP contribution < -0.4 is 5.32 Å². The van der Waals surface area contributed by atoms with Crippen LogP contribution in [-0.2, 0) is 4.79 Å². The van der Waals surface area contributed by atoms with Crippen LogP contribution in [0.4, 0.5) is 0 Å². The number of nitrogens with one attached hydrogen (secondary N) is 1. The smallest absolute Gasteiger partial charge is 0.220 e. The quantitative estimate of drug-likeness (QED) is 0.0420. The first-order valence-corrected chi connectivity index (χ1v) is 29.5. The predicted octanol–water partition coefficient (Wildman–Crippen LogP) is 19.6. The summed E-state index contributed by atoms with van der Waals surface area (Å²) in [6.07, 6.45) is 81.3.